The van der Waals surface area contributed by atoms with Gasteiger partial charge in [0.15, 0.2) is 12.9 Å². The molecule has 12 nitrogen and oxygen atoms in total. The Hall–Kier alpha value is -2.19. The number of aliphatic hydroxyl groups is 2. The number of β-amino-alcohol motifs (C(OH)–C–C–N with tert-alkyl or cyclic N) is 1. The Morgan fingerprint density at radius 3 is 2.40 bits per heavy atom. The van der Waals surface area contributed by atoms with Crippen molar-refractivity contribution in [2.45, 2.75) is 69.7 Å². The normalized spacial score (nSPS) is 23.9. The molecule has 3 aliphatic rings. The van der Waals surface area contributed by atoms with Gasteiger partial charge in [-0.1, -0.05) is 36.4 Å². The maximum atomic E-state index is 14.0. The van der Waals surface area contributed by atoms with Crippen molar-refractivity contribution in [3.8, 4) is 5.75 Å². The van der Waals surface area contributed by atoms with Gasteiger partial charge in [-0.3, -0.25) is 9.00 Å². The summed E-state index contributed by atoms with van der Waals surface area (Å²) in [6.45, 7) is 7.89. The SMILES string of the molecule is C[S@@](=O)CC[C@](CO)(C(=O)O[C@H]1C[N+]2(Cc3cc(C(O)CNC(C)(C)C)ccc3OCOP(=O)(O)O)CCC1CC2)c1ccccc1. The van der Waals surface area contributed by atoms with Crippen LogP contribution >= 0.6 is 7.82 Å². The number of esters is 1. The number of quaternary nitrogens is 1. The molecule has 1 unspecified atom stereocenters. The Morgan fingerprint density at radius 2 is 1.81 bits per heavy atom. The predicted molar refractivity (Wildman–Crippen MR) is 178 cm³/mol. The van der Waals surface area contributed by atoms with Crippen LogP contribution in [0.1, 0.15) is 62.8 Å². The minimum Gasteiger partial charge on any atom is -0.466 e. The maximum Gasteiger partial charge on any atom is 0.472 e. The van der Waals surface area contributed by atoms with E-state index in [0.717, 1.165) is 31.5 Å². The predicted octanol–water partition coefficient (Wildman–Crippen LogP) is 2.90. The van der Waals surface area contributed by atoms with Crippen LogP contribution in [0.4, 0.5) is 0 Å². The van der Waals surface area contributed by atoms with E-state index in [9.17, 15) is 23.8 Å². The monoisotopic (exact) mass is 697 g/mol. The molecule has 0 radical (unpaired) electrons. The number of carbonyl (C=O) groups is 1. The Morgan fingerprint density at radius 1 is 1.13 bits per heavy atom. The zero-order valence-electron chi connectivity index (χ0n) is 27.7. The first-order valence-corrected chi connectivity index (χ1v) is 19.2. The maximum absolute atomic E-state index is 14.0. The van der Waals surface area contributed by atoms with E-state index in [1.165, 1.54) is 0 Å². The molecule has 0 amide bonds. The smallest absolute Gasteiger partial charge is 0.466 e. The number of benzene rings is 2. The molecule has 3 saturated heterocycles. The number of carbonyl (C=O) groups excluding carboxylic acids is 1. The molecule has 2 bridgehead atoms. The third-order valence-corrected chi connectivity index (χ3v) is 10.6. The molecule has 0 spiro atoms. The lowest BCUT2D eigenvalue weighted by molar-refractivity contribution is -0.958. The van der Waals surface area contributed by atoms with Crippen LogP contribution in [0.2, 0.25) is 0 Å². The minimum absolute atomic E-state index is 0.162. The van der Waals surface area contributed by atoms with Gasteiger partial charge in [0.2, 0.25) is 0 Å². The second-order valence-corrected chi connectivity index (χ2v) is 16.7. The van der Waals surface area contributed by atoms with Crippen LogP contribution in [0.3, 0.4) is 0 Å². The highest BCUT2D eigenvalue weighted by Gasteiger charge is 2.50. The lowest BCUT2D eigenvalue weighted by Crippen LogP contribution is -2.64. The van der Waals surface area contributed by atoms with E-state index in [-0.39, 0.29) is 23.6 Å². The molecule has 2 aromatic carbocycles. The summed E-state index contributed by atoms with van der Waals surface area (Å²) in [6.07, 6.45) is 2.19. The molecule has 0 aliphatic carbocycles. The molecule has 0 saturated carbocycles. The lowest BCUT2D eigenvalue weighted by atomic mass is 9.78. The third kappa shape index (κ3) is 10.2. The Kier molecular flexibility index (Phi) is 12.5. The molecule has 47 heavy (non-hydrogen) atoms. The van der Waals surface area contributed by atoms with Crippen LogP contribution in [0.5, 0.6) is 5.75 Å². The van der Waals surface area contributed by atoms with Crippen molar-refractivity contribution in [2.75, 3.05) is 51.6 Å². The number of hydrogen-bond donors (Lipinski definition) is 5. The number of fused-ring (bicyclic) bond motifs is 3. The van der Waals surface area contributed by atoms with Gasteiger partial charge < -0.3 is 39.3 Å². The molecular weight excluding hydrogens is 647 g/mol. The summed E-state index contributed by atoms with van der Waals surface area (Å²) in [5.74, 6) is 0.252. The Bertz CT molecular complexity index is 1420. The van der Waals surface area contributed by atoms with Crippen molar-refractivity contribution < 1.29 is 52.0 Å². The first kappa shape index (κ1) is 37.6. The van der Waals surface area contributed by atoms with E-state index < -0.39 is 55.6 Å². The number of nitrogens with zero attached hydrogens (tertiary/aromatic N) is 1. The van der Waals surface area contributed by atoms with Crippen molar-refractivity contribution in [3.63, 3.8) is 0 Å². The molecule has 4 atom stereocenters. The van der Waals surface area contributed by atoms with Gasteiger partial charge in [-0.05, 0) is 50.5 Å². The van der Waals surface area contributed by atoms with Gasteiger partial charge in [0.05, 0.1) is 25.8 Å². The van der Waals surface area contributed by atoms with Crippen molar-refractivity contribution >= 4 is 24.6 Å². The Balaban J connectivity index is 1.58. The van der Waals surface area contributed by atoms with Crippen molar-refractivity contribution in [3.05, 3.63) is 65.2 Å². The van der Waals surface area contributed by atoms with Gasteiger partial charge in [0.1, 0.15) is 24.3 Å². The van der Waals surface area contributed by atoms with Crippen LogP contribution in [-0.2, 0) is 41.4 Å². The minimum atomic E-state index is -4.75. The fourth-order valence-corrected chi connectivity index (χ4v) is 7.44. The molecular formula is C33H50N2O10PS+. The van der Waals surface area contributed by atoms with E-state index in [0.29, 0.717) is 41.0 Å². The van der Waals surface area contributed by atoms with E-state index >= 15 is 0 Å². The topological polar surface area (TPSA) is 172 Å². The first-order chi connectivity index (χ1) is 22.0. The average molecular weight is 698 g/mol. The standard InChI is InChI=1S/C33H49N2O10PS/c1-32(2,3)34-19-28(37)25-10-11-29(43-23-44-46(39,40)41)26(18-25)20-35-15-12-24(13-16-35)30(21-35)45-31(38)33(22-36,14-17-47(4)42)27-8-6-5-7-9-27/h5-11,18,24,28,30,34,36-37H,12-17,19-23H2,1-4H3,(H-,39,40,41)/p+1/t24?,28?,30-,33+,35?,47+/m0/s1. The molecule has 5 N–H and O–H groups in total. The first-order valence-electron chi connectivity index (χ1n) is 16.0. The molecule has 5 rings (SSSR count). The summed E-state index contributed by atoms with van der Waals surface area (Å²) in [6, 6.07) is 14.3. The van der Waals surface area contributed by atoms with Crippen molar-refractivity contribution in [1.82, 2.24) is 5.32 Å². The third-order valence-electron chi connectivity index (χ3n) is 9.34. The fourth-order valence-electron chi connectivity index (χ4n) is 6.61. The summed E-state index contributed by atoms with van der Waals surface area (Å²) in [4.78, 5) is 32.3. The van der Waals surface area contributed by atoms with Gasteiger partial charge in [-0.15, -0.1) is 0 Å². The quantitative estimate of drug-likeness (QED) is 0.0756. The fraction of sp³-hybridized carbons (Fsp3) is 0.606. The van der Waals surface area contributed by atoms with Gasteiger partial charge in [-0.2, -0.15) is 0 Å². The summed E-state index contributed by atoms with van der Waals surface area (Å²) < 4.78 is 40.5. The van der Waals surface area contributed by atoms with Crippen LogP contribution in [-0.4, -0.2) is 97.9 Å². The number of phosphoric ester groups is 1. The molecule has 3 aliphatic heterocycles. The van der Waals surface area contributed by atoms with E-state index in [1.807, 2.05) is 32.9 Å². The highest BCUT2D eigenvalue weighted by molar-refractivity contribution is 7.84. The number of piperidine rings is 3. The highest BCUT2D eigenvalue weighted by Crippen LogP contribution is 2.41. The van der Waals surface area contributed by atoms with Crippen molar-refractivity contribution in [1.29, 1.82) is 0 Å². The summed E-state index contributed by atoms with van der Waals surface area (Å²) >= 11 is 0. The van der Waals surface area contributed by atoms with E-state index in [2.05, 4.69) is 9.84 Å². The molecule has 14 heteroatoms. The number of aliphatic hydroxyl groups excluding tert-OH is 2. The van der Waals surface area contributed by atoms with Crippen LogP contribution in [0, 0.1) is 5.92 Å². The second kappa shape index (κ2) is 15.6. The number of nitrogens with one attached hydrogen (secondary N) is 1. The number of hydrogen-bond acceptors (Lipinski definition) is 9. The molecule has 0 aromatic heterocycles. The van der Waals surface area contributed by atoms with Crippen LogP contribution in [0.15, 0.2) is 48.5 Å². The van der Waals surface area contributed by atoms with Crippen molar-refractivity contribution in [2.24, 2.45) is 5.92 Å². The van der Waals surface area contributed by atoms with Crippen LogP contribution in [0.25, 0.3) is 0 Å². The zero-order valence-corrected chi connectivity index (χ0v) is 29.4. The number of phosphoric acid groups is 1. The summed E-state index contributed by atoms with van der Waals surface area (Å²) in [5.41, 5.74) is 0.486. The highest BCUT2D eigenvalue weighted by atomic mass is 32.2. The average Bonchev–Trinajstić information content (AvgIpc) is 3.01. The van der Waals surface area contributed by atoms with E-state index in [4.69, 9.17) is 19.3 Å². The molecule has 262 valence electrons. The van der Waals surface area contributed by atoms with Gasteiger partial charge >= 0.3 is 13.8 Å². The largest absolute Gasteiger partial charge is 0.472 e. The van der Waals surface area contributed by atoms with Gasteiger partial charge in [0, 0.05) is 59.2 Å². The summed E-state index contributed by atoms with van der Waals surface area (Å²) in [7, 11) is -5.92. The van der Waals surface area contributed by atoms with Gasteiger partial charge in [-0.25, -0.2) is 9.09 Å². The molecule has 3 fully saturated rings. The summed E-state index contributed by atoms with van der Waals surface area (Å²) in [5, 5.41) is 24.9. The van der Waals surface area contributed by atoms with E-state index in [1.54, 1.807) is 42.7 Å². The number of rotatable bonds is 16. The van der Waals surface area contributed by atoms with Crippen LogP contribution < -0.4 is 10.1 Å². The Labute approximate surface area is 279 Å². The zero-order chi connectivity index (χ0) is 34.5. The van der Waals surface area contributed by atoms with Gasteiger partial charge in [0.25, 0.3) is 0 Å². The molecule has 2 aromatic rings. The molecule has 3 heterocycles. The lowest BCUT2D eigenvalue weighted by Gasteiger charge is -2.52. The second-order valence-electron chi connectivity index (χ2n) is 13.9. The number of ether oxygens (including phenoxy) is 2.